The number of para-hydroxylation sites is 1. The molecule has 1 saturated carbocycles. The van der Waals surface area contributed by atoms with E-state index in [1.807, 2.05) is 31.2 Å². The van der Waals surface area contributed by atoms with Crippen LogP contribution in [-0.4, -0.2) is 25.1 Å². The molecule has 0 aliphatic heterocycles. The second kappa shape index (κ2) is 6.75. The summed E-state index contributed by atoms with van der Waals surface area (Å²) in [4.78, 5) is 12.0. The SMILES string of the molecule is CCC(NC(C)C(=O)NC1CC1)c1ccccc1OC. The zero-order valence-corrected chi connectivity index (χ0v) is 12.5. The molecular weight excluding hydrogens is 252 g/mol. The van der Waals surface area contributed by atoms with Crippen LogP contribution in [0.2, 0.25) is 0 Å². The van der Waals surface area contributed by atoms with Crippen molar-refractivity contribution >= 4 is 5.91 Å². The third-order valence-corrected chi connectivity index (χ3v) is 3.69. The van der Waals surface area contributed by atoms with Crippen LogP contribution < -0.4 is 15.4 Å². The Kier molecular flexibility index (Phi) is 5.01. The smallest absolute Gasteiger partial charge is 0.237 e. The number of carbonyl (C=O) groups excluding carboxylic acids is 1. The summed E-state index contributed by atoms with van der Waals surface area (Å²) in [6, 6.07) is 8.27. The first-order valence-electron chi connectivity index (χ1n) is 7.35. The third-order valence-electron chi connectivity index (χ3n) is 3.69. The molecule has 1 fully saturated rings. The average Bonchev–Trinajstić information content (AvgIpc) is 3.28. The van der Waals surface area contributed by atoms with Gasteiger partial charge in [-0.1, -0.05) is 25.1 Å². The first-order chi connectivity index (χ1) is 9.65. The van der Waals surface area contributed by atoms with Gasteiger partial charge in [0.2, 0.25) is 5.91 Å². The van der Waals surface area contributed by atoms with Crippen molar-refractivity contribution in [2.75, 3.05) is 7.11 Å². The van der Waals surface area contributed by atoms with E-state index in [2.05, 4.69) is 17.6 Å². The second-order valence-corrected chi connectivity index (χ2v) is 5.37. The summed E-state index contributed by atoms with van der Waals surface area (Å²) < 4.78 is 5.40. The lowest BCUT2D eigenvalue weighted by Crippen LogP contribution is -2.44. The largest absolute Gasteiger partial charge is 0.496 e. The first-order valence-corrected chi connectivity index (χ1v) is 7.35. The van der Waals surface area contributed by atoms with Crippen LogP contribution in [0.1, 0.15) is 44.7 Å². The molecule has 1 amide bonds. The van der Waals surface area contributed by atoms with E-state index in [0.29, 0.717) is 6.04 Å². The Balaban J connectivity index is 2.01. The molecule has 0 radical (unpaired) electrons. The summed E-state index contributed by atoms with van der Waals surface area (Å²) >= 11 is 0. The van der Waals surface area contributed by atoms with E-state index in [1.54, 1.807) is 7.11 Å². The highest BCUT2D eigenvalue weighted by Gasteiger charge is 2.27. The predicted molar refractivity (Wildman–Crippen MR) is 79.8 cm³/mol. The number of methoxy groups -OCH3 is 1. The quantitative estimate of drug-likeness (QED) is 0.804. The lowest BCUT2D eigenvalue weighted by Gasteiger charge is -2.23. The minimum Gasteiger partial charge on any atom is -0.496 e. The number of benzene rings is 1. The van der Waals surface area contributed by atoms with E-state index in [-0.39, 0.29) is 18.0 Å². The van der Waals surface area contributed by atoms with Gasteiger partial charge < -0.3 is 10.1 Å². The lowest BCUT2D eigenvalue weighted by molar-refractivity contribution is -0.123. The van der Waals surface area contributed by atoms with Gasteiger partial charge in [-0.05, 0) is 32.3 Å². The molecule has 0 bridgehead atoms. The average molecular weight is 276 g/mol. The van der Waals surface area contributed by atoms with Crippen LogP contribution in [0, 0.1) is 0 Å². The highest BCUT2D eigenvalue weighted by atomic mass is 16.5. The van der Waals surface area contributed by atoms with Gasteiger partial charge in [-0.15, -0.1) is 0 Å². The highest BCUT2D eigenvalue weighted by molar-refractivity contribution is 5.81. The van der Waals surface area contributed by atoms with Gasteiger partial charge in [-0.3, -0.25) is 10.1 Å². The van der Waals surface area contributed by atoms with Crippen LogP contribution in [0.4, 0.5) is 0 Å². The summed E-state index contributed by atoms with van der Waals surface area (Å²) in [6.45, 7) is 4.02. The molecule has 1 aromatic carbocycles. The van der Waals surface area contributed by atoms with Crippen molar-refractivity contribution in [3.8, 4) is 5.75 Å². The predicted octanol–water partition coefficient (Wildman–Crippen LogP) is 2.40. The van der Waals surface area contributed by atoms with Crippen LogP contribution in [-0.2, 0) is 4.79 Å². The Hall–Kier alpha value is -1.55. The number of ether oxygens (including phenoxy) is 1. The fourth-order valence-electron chi connectivity index (χ4n) is 2.31. The molecule has 110 valence electrons. The first kappa shape index (κ1) is 14.9. The zero-order valence-electron chi connectivity index (χ0n) is 12.5. The van der Waals surface area contributed by atoms with E-state index in [4.69, 9.17) is 4.74 Å². The number of amides is 1. The van der Waals surface area contributed by atoms with Crippen molar-refractivity contribution < 1.29 is 9.53 Å². The summed E-state index contributed by atoms with van der Waals surface area (Å²) in [5.74, 6) is 0.947. The van der Waals surface area contributed by atoms with Crippen molar-refractivity contribution in [1.29, 1.82) is 0 Å². The molecule has 0 aromatic heterocycles. The molecule has 2 N–H and O–H groups in total. The minimum absolute atomic E-state index is 0.0841. The Morgan fingerprint density at radius 2 is 2.10 bits per heavy atom. The molecule has 2 unspecified atom stereocenters. The Labute approximate surface area is 120 Å². The zero-order chi connectivity index (χ0) is 14.5. The maximum Gasteiger partial charge on any atom is 0.237 e. The summed E-state index contributed by atoms with van der Waals surface area (Å²) in [5.41, 5.74) is 1.10. The van der Waals surface area contributed by atoms with Gasteiger partial charge in [0.25, 0.3) is 0 Å². The van der Waals surface area contributed by atoms with Gasteiger partial charge in [0.1, 0.15) is 5.75 Å². The molecule has 2 rings (SSSR count). The summed E-state index contributed by atoms with van der Waals surface area (Å²) in [7, 11) is 1.68. The number of rotatable bonds is 7. The van der Waals surface area contributed by atoms with Gasteiger partial charge in [-0.25, -0.2) is 0 Å². The molecule has 20 heavy (non-hydrogen) atoms. The Morgan fingerprint density at radius 1 is 1.40 bits per heavy atom. The van der Waals surface area contributed by atoms with Crippen molar-refractivity contribution in [3.63, 3.8) is 0 Å². The molecular formula is C16H24N2O2. The fourth-order valence-corrected chi connectivity index (χ4v) is 2.31. The van der Waals surface area contributed by atoms with Crippen LogP contribution in [0.3, 0.4) is 0 Å². The fraction of sp³-hybridized carbons (Fsp3) is 0.562. The lowest BCUT2D eigenvalue weighted by atomic mass is 10.0. The van der Waals surface area contributed by atoms with Gasteiger partial charge in [-0.2, -0.15) is 0 Å². The van der Waals surface area contributed by atoms with Crippen molar-refractivity contribution in [2.45, 2.75) is 51.2 Å². The molecule has 0 saturated heterocycles. The number of nitrogens with one attached hydrogen (secondary N) is 2. The van der Waals surface area contributed by atoms with E-state index in [0.717, 1.165) is 30.6 Å². The van der Waals surface area contributed by atoms with Crippen molar-refractivity contribution in [1.82, 2.24) is 10.6 Å². The van der Waals surface area contributed by atoms with Crippen molar-refractivity contribution in [3.05, 3.63) is 29.8 Å². The second-order valence-electron chi connectivity index (χ2n) is 5.37. The molecule has 1 aromatic rings. The van der Waals surface area contributed by atoms with Crippen LogP contribution in [0.5, 0.6) is 5.75 Å². The summed E-state index contributed by atoms with van der Waals surface area (Å²) in [6.07, 6.45) is 3.13. The monoisotopic (exact) mass is 276 g/mol. The van der Waals surface area contributed by atoms with Gasteiger partial charge in [0, 0.05) is 17.6 Å². The molecule has 1 aliphatic carbocycles. The van der Waals surface area contributed by atoms with Crippen LogP contribution in [0.25, 0.3) is 0 Å². The molecule has 2 atom stereocenters. The topological polar surface area (TPSA) is 50.4 Å². The van der Waals surface area contributed by atoms with Crippen LogP contribution in [0.15, 0.2) is 24.3 Å². The number of hydrogen-bond donors (Lipinski definition) is 2. The highest BCUT2D eigenvalue weighted by Crippen LogP contribution is 2.27. The summed E-state index contributed by atoms with van der Waals surface area (Å²) in [5, 5.41) is 6.43. The minimum atomic E-state index is -0.203. The van der Waals surface area contributed by atoms with E-state index in [1.165, 1.54) is 0 Å². The maximum absolute atomic E-state index is 12.0. The molecule has 4 nitrogen and oxygen atoms in total. The number of hydrogen-bond acceptors (Lipinski definition) is 3. The normalized spacial score (nSPS) is 17.4. The van der Waals surface area contributed by atoms with Gasteiger partial charge in [0.05, 0.1) is 13.2 Å². The molecule has 1 aliphatic rings. The van der Waals surface area contributed by atoms with E-state index >= 15 is 0 Å². The maximum atomic E-state index is 12.0. The molecule has 0 spiro atoms. The Morgan fingerprint density at radius 3 is 2.70 bits per heavy atom. The van der Waals surface area contributed by atoms with Crippen molar-refractivity contribution in [2.24, 2.45) is 0 Å². The standard InChI is InChI=1S/C16H24N2O2/c1-4-14(13-7-5-6-8-15(13)20-3)17-11(2)16(19)18-12-9-10-12/h5-8,11-12,14,17H,4,9-10H2,1-3H3,(H,18,19). The number of carbonyl (C=O) groups is 1. The van der Waals surface area contributed by atoms with E-state index < -0.39 is 0 Å². The van der Waals surface area contributed by atoms with Gasteiger partial charge >= 0.3 is 0 Å². The third kappa shape index (κ3) is 3.73. The van der Waals surface area contributed by atoms with Gasteiger partial charge in [0.15, 0.2) is 0 Å². The van der Waals surface area contributed by atoms with Crippen LogP contribution >= 0.6 is 0 Å². The molecule has 4 heteroatoms. The van der Waals surface area contributed by atoms with E-state index in [9.17, 15) is 4.79 Å². The Bertz CT molecular complexity index is 458. The molecule has 0 heterocycles.